The maximum atomic E-state index is 13.3. The number of nitrogens with one attached hydrogen (secondary N) is 1. The number of hydrogen-bond acceptors (Lipinski definition) is 7. The topological polar surface area (TPSA) is 137 Å². The Labute approximate surface area is 121 Å². The third kappa shape index (κ3) is 2.22. The van der Waals surface area contributed by atoms with E-state index in [1.807, 2.05) is 0 Å². The Balaban J connectivity index is 2.12. The summed E-state index contributed by atoms with van der Waals surface area (Å²) >= 11 is 0. The molecule has 0 radical (unpaired) electrons. The highest BCUT2D eigenvalue weighted by Gasteiger charge is 2.44. The second-order valence-electron chi connectivity index (χ2n) is 4.92. The molecule has 0 amide bonds. The summed E-state index contributed by atoms with van der Waals surface area (Å²) in [7, 11) is 0. The van der Waals surface area contributed by atoms with Gasteiger partial charge in [0.2, 0.25) is 11.6 Å². The summed E-state index contributed by atoms with van der Waals surface area (Å²) in [5.41, 5.74) is -1.96. The van der Waals surface area contributed by atoms with Crippen LogP contribution in [0.4, 0.5) is 4.39 Å². The molecule has 1 saturated heterocycles. The van der Waals surface area contributed by atoms with E-state index < -0.39 is 48.0 Å². The molecule has 2 aromatic rings. The van der Waals surface area contributed by atoms with Crippen LogP contribution in [0.25, 0.3) is 5.78 Å². The van der Waals surface area contributed by atoms with Crippen molar-refractivity contribution < 1.29 is 24.4 Å². The van der Waals surface area contributed by atoms with Crippen LogP contribution in [0.5, 0.6) is 0 Å². The molecule has 4 atom stereocenters. The lowest BCUT2D eigenvalue weighted by atomic mass is 10.0. The SMILES string of the molecule is O=c1nc2[nH]c(=O)c(F)cn2cc1[C@@H]1O[C@H](CO)C(O)[C@@H]1O. The van der Waals surface area contributed by atoms with E-state index in [0.29, 0.717) is 0 Å². The first-order valence-corrected chi connectivity index (χ1v) is 6.36. The minimum Gasteiger partial charge on any atom is -0.394 e. The highest BCUT2D eigenvalue weighted by atomic mass is 19.1. The van der Waals surface area contributed by atoms with Crippen LogP contribution in [-0.4, -0.2) is 54.6 Å². The first-order valence-electron chi connectivity index (χ1n) is 6.36. The zero-order chi connectivity index (χ0) is 16.0. The Morgan fingerprint density at radius 3 is 2.68 bits per heavy atom. The Morgan fingerprint density at radius 2 is 2.05 bits per heavy atom. The zero-order valence-corrected chi connectivity index (χ0v) is 11.0. The van der Waals surface area contributed by atoms with Gasteiger partial charge in [0, 0.05) is 6.20 Å². The number of fused-ring (bicyclic) bond motifs is 1. The molecule has 0 aromatic carbocycles. The molecule has 0 bridgehead atoms. The van der Waals surface area contributed by atoms with E-state index in [0.717, 1.165) is 16.8 Å². The molecule has 1 aliphatic heterocycles. The number of ether oxygens (including phenoxy) is 1. The van der Waals surface area contributed by atoms with Gasteiger partial charge in [-0.3, -0.25) is 19.0 Å². The number of H-pyrrole nitrogens is 1. The molecule has 1 aliphatic rings. The van der Waals surface area contributed by atoms with Crippen molar-refractivity contribution in [1.29, 1.82) is 0 Å². The first kappa shape index (κ1) is 14.8. The molecule has 0 saturated carbocycles. The fourth-order valence-electron chi connectivity index (χ4n) is 2.37. The van der Waals surface area contributed by atoms with Crippen LogP contribution in [0, 0.1) is 5.82 Å². The fourth-order valence-corrected chi connectivity index (χ4v) is 2.37. The van der Waals surface area contributed by atoms with Gasteiger partial charge in [0.1, 0.15) is 24.4 Å². The van der Waals surface area contributed by atoms with Crippen LogP contribution in [0.15, 0.2) is 22.0 Å². The van der Waals surface area contributed by atoms with Gasteiger partial charge in [0.05, 0.1) is 18.4 Å². The van der Waals surface area contributed by atoms with Gasteiger partial charge in [0.25, 0.3) is 11.1 Å². The average molecular weight is 313 g/mol. The smallest absolute Gasteiger partial charge is 0.288 e. The van der Waals surface area contributed by atoms with Crippen molar-refractivity contribution in [3.63, 3.8) is 0 Å². The molecule has 3 rings (SSSR count). The lowest BCUT2D eigenvalue weighted by molar-refractivity contribution is -0.0232. The zero-order valence-electron chi connectivity index (χ0n) is 11.0. The van der Waals surface area contributed by atoms with Crippen molar-refractivity contribution >= 4 is 5.78 Å². The lowest BCUT2D eigenvalue weighted by Crippen LogP contribution is -2.33. The maximum absolute atomic E-state index is 13.3. The predicted octanol–water partition coefficient (Wildman–Crippen LogP) is -2.32. The molecule has 9 nitrogen and oxygen atoms in total. The van der Waals surface area contributed by atoms with E-state index in [2.05, 4.69) is 9.97 Å². The van der Waals surface area contributed by atoms with Crippen LogP contribution in [0.1, 0.15) is 11.7 Å². The van der Waals surface area contributed by atoms with Gasteiger partial charge in [-0.15, -0.1) is 0 Å². The van der Waals surface area contributed by atoms with Crippen molar-refractivity contribution in [2.24, 2.45) is 0 Å². The van der Waals surface area contributed by atoms with Crippen molar-refractivity contribution in [3.05, 3.63) is 44.5 Å². The molecular weight excluding hydrogens is 301 g/mol. The summed E-state index contributed by atoms with van der Waals surface area (Å²) in [5, 5.41) is 28.7. The molecule has 10 heteroatoms. The molecular formula is C12H12FN3O6. The summed E-state index contributed by atoms with van der Waals surface area (Å²) in [4.78, 5) is 28.8. The Morgan fingerprint density at radius 1 is 1.32 bits per heavy atom. The van der Waals surface area contributed by atoms with E-state index in [-0.39, 0.29) is 11.3 Å². The average Bonchev–Trinajstić information content (AvgIpc) is 2.76. The van der Waals surface area contributed by atoms with Crippen LogP contribution in [-0.2, 0) is 4.74 Å². The van der Waals surface area contributed by atoms with Gasteiger partial charge >= 0.3 is 0 Å². The standard InChI is InChI=1S/C12H12FN3O6/c13-5-2-16-1-4(10(20)14-12(16)15-11(5)21)9-8(19)7(18)6(3-17)22-9/h1-2,6-9,17-19H,3H2,(H,14,15,20,21)/t6-,7?,8+,9+/m1/s1. The lowest BCUT2D eigenvalue weighted by Gasteiger charge is -2.14. The normalized spacial score (nSPS) is 28.4. The summed E-state index contributed by atoms with van der Waals surface area (Å²) < 4.78 is 19.6. The molecule has 3 heterocycles. The molecule has 22 heavy (non-hydrogen) atoms. The highest BCUT2D eigenvalue weighted by molar-refractivity contribution is 5.30. The maximum Gasteiger partial charge on any atom is 0.288 e. The minimum absolute atomic E-state index is 0.133. The van der Waals surface area contributed by atoms with Crippen LogP contribution in [0.2, 0.25) is 0 Å². The van der Waals surface area contributed by atoms with Gasteiger partial charge in [-0.2, -0.15) is 9.37 Å². The molecule has 1 unspecified atom stereocenters. The molecule has 0 aliphatic carbocycles. The second-order valence-corrected chi connectivity index (χ2v) is 4.92. The van der Waals surface area contributed by atoms with Crippen molar-refractivity contribution in [1.82, 2.24) is 14.4 Å². The summed E-state index contributed by atoms with van der Waals surface area (Å²) in [6, 6.07) is 0. The number of aromatic nitrogens is 3. The summed E-state index contributed by atoms with van der Waals surface area (Å²) in [6.45, 7) is -0.543. The van der Waals surface area contributed by atoms with Crippen molar-refractivity contribution in [2.45, 2.75) is 24.4 Å². The highest BCUT2D eigenvalue weighted by Crippen LogP contribution is 2.31. The largest absolute Gasteiger partial charge is 0.394 e. The number of hydrogen-bond donors (Lipinski definition) is 4. The molecule has 1 fully saturated rings. The van der Waals surface area contributed by atoms with Gasteiger partial charge in [-0.25, -0.2) is 0 Å². The Bertz CT molecular complexity index is 834. The van der Waals surface area contributed by atoms with E-state index in [9.17, 15) is 24.2 Å². The van der Waals surface area contributed by atoms with Gasteiger partial charge in [-0.05, 0) is 0 Å². The Kier molecular flexibility index (Phi) is 3.53. The third-order valence-electron chi connectivity index (χ3n) is 3.52. The van der Waals surface area contributed by atoms with Crippen LogP contribution in [0.3, 0.4) is 0 Å². The third-order valence-corrected chi connectivity index (χ3v) is 3.52. The number of nitrogens with zero attached hydrogens (tertiary/aromatic N) is 2. The number of halogens is 1. The van der Waals surface area contributed by atoms with Crippen LogP contribution < -0.4 is 11.1 Å². The second kappa shape index (κ2) is 5.25. The molecule has 4 N–H and O–H groups in total. The van der Waals surface area contributed by atoms with Crippen molar-refractivity contribution in [3.8, 4) is 0 Å². The minimum atomic E-state index is -1.45. The van der Waals surface area contributed by atoms with Crippen LogP contribution >= 0.6 is 0 Å². The summed E-state index contributed by atoms with van der Waals surface area (Å²) in [5.74, 6) is -1.25. The summed E-state index contributed by atoms with van der Waals surface area (Å²) in [6.07, 6.45) is -3.12. The monoisotopic (exact) mass is 313 g/mol. The van der Waals surface area contributed by atoms with E-state index >= 15 is 0 Å². The number of aliphatic hydroxyl groups excluding tert-OH is 3. The van der Waals surface area contributed by atoms with E-state index in [4.69, 9.17) is 9.84 Å². The fraction of sp³-hybridized carbons (Fsp3) is 0.417. The van der Waals surface area contributed by atoms with Gasteiger partial charge < -0.3 is 20.1 Å². The number of aliphatic hydroxyl groups is 3. The predicted molar refractivity (Wildman–Crippen MR) is 68.8 cm³/mol. The Hall–Kier alpha value is -2.14. The number of rotatable bonds is 2. The van der Waals surface area contributed by atoms with Gasteiger partial charge in [-0.1, -0.05) is 0 Å². The van der Waals surface area contributed by atoms with E-state index in [1.165, 1.54) is 0 Å². The molecule has 2 aromatic heterocycles. The molecule has 118 valence electrons. The quantitative estimate of drug-likeness (QED) is 0.488. The molecule has 0 spiro atoms. The first-order chi connectivity index (χ1) is 10.4. The number of aromatic amines is 1. The van der Waals surface area contributed by atoms with E-state index in [1.54, 1.807) is 0 Å². The van der Waals surface area contributed by atoms with Crippen molar-refractivity contribution in [2.75, 3.05) is 6.61 Å². The van der Waals surface area contributed by atoms with Gasteiger partial charge in [0.15, 0.2) is 0 Å².